The highest BCUT2D eigenvalue weighted by molar-refractivity contribution is 5.80. The molecule has 2 unspecified atom stereocenters. The summed E-state index contributed by atoms with van der Waals surface area (Å²) in [5.74, 6) is 0.341. The van der Waals surface area contributed by atoms with Crippen LogP contribution in [0.4, 0.5) is 24.5 Å². The van der Waals surface area contributed by atoms with Crippen molar-refractivity contribution in [3.8, 4) is 0 Å². The van der Waals surface area contributed by atoms with Crippen LogP contribution in [0.25, 0.3) is 6.08 Å². The zero-order valence-electron chi connectivity index (χ0n) is 13.0. The molecule has 1 fully saturated rings. The molecule has 124 valence electrons. The van der Waals surface area contributed by atoms with Gasteiger partial charge in [-0.25, -0.2) is 0 Å². The molecule has 0 bridgehead atoms. The molecule has 1 heterocycles. The highest BCUT2D eigenvalue weighted by Gasteiger charge is 2.36. The van der Waals surface area contributed by atoms with E-state index in [0.29, 0.717) is 23.7 Å². The van der Waals surface area contributed by atoms with Crippen LogP contribution >= 0.6 is 0 Å². The van der Waals surface area contributed by atoms with Crippen molar-refractivity contribution < 1.29 is 13.2 Å². The van der Waals surface area contributed by atoms with E-state index in [1.807, 2.05) is 4.90 Å². The van der Waals surface area contributed by atoms with Gasteiger partial charge in [-0.15, -0.1) is 0 Å². The van der Waals surface area contributed by atoms with E-state index < -0.39 is 11.7 Å². The van der Waals surface area contributed by atoms with E-state index in [1.165, 1.54) is 12.1 Å². The molecule has 1 saturated heterocycles. The summed E-state index contributed by atoms with van der Waals surface area (Å²) in [5, 5.41) is 3.18. The molecule has 1 aromatic rings. The van der Waals surface area contributed by atoms with Gasteiger partial charge in [-0.05, 0) is 31.0 Å². The number of alkyl halides is 3. The number of hydrogen-bond acceptors (Lipinski definition) is 3. The van der Waals surface area contributed by atoms with E-state index in [2.05, 4.69) is 37.1 Å². The molecular formula is C17H20F3N3. The van der Waals surface area contributed by atoms with Gasteiger partial charge in [-0.3, -0.25) is 4.99 Å². The van der Waals surface area contributed by atoms with Gasteiger partial charge >= 0.3 is 6.18 Å². The summed E-state index contributed by atoms with van der Waals surface area (Å²) >= 11 is 0. The molecule has 2 rings (SSSR count). The molecule has 0 amide bonds. The Hall–Kier alpha value is -2.24. The molecule has 6 heteroatoms. The van der Waals surface area contributed by atoms with Crippen molar-refractivity contribution in [2.75, 3.05) is 18.0 Å². The van der Waals surface area contributed by atoms with Gasteiger partial charge in [0, 0.05) is 30.4 Å². The van der Waals surface area contributed by atoms with Crippen LogP contribution < -0.4 is 10.2 Å². The number of anilines is 1. The number of nitrogens with one attached hydrogen (secondary N) is 1. The maximum Gasteiger partial charge on any atom is 0.418 e. The summed E-state index contributed by atoms with van der Waals surface area (Å²) < 4.78 is 39.4. The van der Waals surface area contributed by atoms with Gasteiger partial charge < -0.3 is 10.2 Å². The predicted octanol–water partition coefficient (Wildman–Crippen LogP) is 4.24. The van der Waals surface area contributed by atoms with Gasteiger partial charge in [0.15, 0.2) is 0 Å². The van der Waals surface area contributed by atoms with Gasteiger partial charge in [0.1, 0.15) is 0 Å². The lowest BCUT2D eigenvalue weighted by atomic mass is 10.0. The highest BCUT2D eigenvalue weighted by atomic mass is 19.4. The van der Waals surface area contributed by atoms with Crippen LogP contribution in [-0.4, -0.2) is 25.8 Å². The summed E-state index contributed by atoms with van der Waals surface area (Å²) in [6.45, 7) is 14.1. The minimum absolute atomic E-state index is 0.169. The molecule has 0 saturated carbocycles. The fourth-order valence-electron chi connectivity index (χ4n) is 3.01. The first-order valence-electron chi connectivity index (χ1n) is 7.28. The van der Waals surface area contributed by atoms with Crippen LogP contribution in [0.3, 0.4) is 0 Å². The normalized spacial score (nSPS) is 21.1. The average Bonchev–Trinajstić information content (AvgIpc) is 2.86. The van der Waals surface area contributed by atoms with Crippen LogP contribution in [0.15, 0.2) is 36.5 Å². The third-order valence-corrected chi connectivity index (χ3v) is 4.15. The summed E-state index contributed by atoms with van der Waals surface area (Å²) in [7, 11) is 0. The largest absolute Gasteiger partial charge is 0.418 e. The molecule has 2 atom stereocenters. The maximum atomic E-state index is 13.1. The van der Waals surface area contributed by atoms with E-state index in [9.17, 15) is 13.2 Å². The summed E-state index contributed by atoms with van der Waals surface area (Å²) in [6, 6.07) is 2.75. The number of benzene rings is 1. The van der Waals surface area contributed by atoms with E-state index in [0.717, 1.165) is 12.6 Å². The second-order valence-corrected chi connectivity index (χ2v) is 5.61. The average molecular weight is 323 g/mol. The SMILES string of the molecule is C=CNC1CN(c2ccc(C(F)(F)F)c(N=C)c2C=C)CC1C. The molecule has 23 heavy (non-hydrogen) atoms. The predicted molar refractivity (Wildman–Crippen MR) is 89.2 cm³/mol. The third kappa shape index (κ3) is 3.25. The minimum atomic E-state index is -4.47. The number of nitrogens with zero attached hydrogens (tertiary/aromatic N) is 2. The lowest BCUT2D eigenvalue weighted by Crippen LogP contribution is -2.31. The van der Waals surface area contributed by atoms with Crippen molar-refractivity contribution in [1.29, 1.82) is 0 Å². The molecule has 3 nitrogen and oxygen atoms in total. The Bertz CT molecular complexity index is 622. The van der Waals surface area contributed by atoms with Crippen LogP contribution in [0.2, 0.25) is 0 Å². The zero-order chi connectivity index (χ0) is 17.2. The Morgan fingerprint density at radius 1 is 1.30 bits per heavy atom. The first-order chi connectivity index (χ1) is 10.8. The molecule has 1 N–H and O–H groups in total. The van der Waals surface area contributed by atoms with Crippen LogP contribution in [0.1, 0.15) is 18.1 Å². The molecule has 0 aromatic heterocycles. The fraction of sp³-hybridized carbons (Fsp3) is 0.353. The Balaban J connectivity index is 2.47. The van der Waals surface area contributed by atoms with Gasteiger partial charge in [0.25, 0.3) is 0 Å². The molecule has 1 aliphatic heterocycles. The van der Waals surface area contributed by atoms with Crippen LogP contribution in [0.5, 0.6) is 0 Å². The van der Waals surface area contributed by atoms with Crippen molar-refractivity contribution >= 4 is 24.2 Å². The van der Waals surface area contributed by atoms with E-state index in [4.69, 9.17) is 0 Å². The van der Waals surface area contributed by atoms with Gasteiger partial charge in [0.2, 0.25) is 0 Å². The number of aliphatic imine (C=N–C) groups is 1. The lowest BCUT2D eigenvalue weighted by molar-refractivity contribution is -0.137. The minimum Gasteiger partial charge on any atom is -0.387 e. The van der Waals surface area contributed by atoms with Crippen molar-refractivity contribution in [3.05, 3.63) is 42.6 Å². The Morgan fingerprint density at radius 2 is 2.00 bits per heavy atom. The zero-order valence-corrected chi connectivity index (χ0v) is 13.0. The Kier molecular flexibility index (Phi) is 4.82. The van der Waals surface area contributed by atoms with E-state index in [-0.39, 0.29) is 11.7 Å². The monoisotopic (exact) mass is 323 g/mol. The first kappa shape index (κ1) is 17.1. The molecule has 0 radical (unpaired) electrons. The highest BCUT2D eigenvalue weighted by Crippen LogP contribution is 2.43. The Morgan fingerprint density at radius 3 is 2.52 bits per heavy atom. The van der Waals surface area contributed by atoms with Gasteiger partial charge in [0.05, 0.1) is 11.3 Å². The summed E-state index contributed by atoms with van der Waals surface area (Å²) in [6.07, 6.45) is -1.42. The topological polar surface area (TPSA) is 27.6 Å². The quantitative estimate of drug-likeness (QED) is 0.821. The number of hydrogen-bond donors (Lipinski definition) is 1. The first-order valence-corrected chi connectivity index (χ1v) is 7.28. The Labute approximate surface area is 134 Å². The van der Waals surface area contributed by atoms with Crippen molar-refractivity contribution in [2.45, 2.75) is 19.1 Å². The fourth-order valence-corrected chi connectivity index (χ4v) is 3.01. The maximum absolute atomic E-state index is 13.1. The number of rotatable bonds is 5. The molecular weight excluding hydrogens is 303 g/mol. The molecule has 1 aromatic carbocycles. The smallest absolute Gasteiger partial charge is 0.387 e. The molecule has 0 aliphatic carbocycles. The van der Waals surface area contributed by atoms with Crippen LogP contribution in [-0.2, 0) is 6.18 Å². The van der Waals surface area contributed by atoms with Crippen LogP contribution in [0, 0.1) is 5.92 Å². The van der Waals surface area contributed by atoms with E-state index >= 15 is 0 Å². The summed E-state index contributed by atoms with van der Waals surface area (Å²) in [5.41, 5.74) is 0.0915. The van der Waals surface area contributed by atoms with Crippen molar-refractivity contribution in [3.63, 3.8) is 0 Å². The summed E-state index contributed by atoms with van der Waals surface area (Å²) in [4.78, 5) is 5.65. The van der Waals surface area contributed by atoms with Crippen molar-refractivity contribution in [2.24, 2.45) is 10.9 Å². The second-order valence-electron chi connectivity index (χ2n) is 5.61. The van der Waals surface area contributed by atoms with Gasteiger partial charge in [-0.2, -0.15) is 13.2 Å². The number of halogens is 3. The standard InChI is InChI=1S/C17H20F3N3/c1-5-12-15(23-9-11(3)14(10-23)22-6-2)8-7-13(16(12)21-4)17(18,19)20/h5-8,11,14,22H,1-2,4,9-10H2,3H3. The lowest BCUT2D eigenvalue weighted by Gasteiger charge is -2.23. The van der Waals surface area contributed by atoms with Crippen molar-refractivity contribution in [1.82, 2.24) is 5.32 Å². The molecule has 1 aliphatic rings. The molecule has 0 spiro atoms. The van der Waals surface area contributed by atoms with E-state index in [1.54, 1.807) is 6.20 Å². The second kappa shape index (κ2) is 6.48. The van der Waals surface area contributed by atoms with Gasteiger partial charge in [-0.1, -0.05) is 26.2 Å². The third-order valence-electron chi connectivity index (χ3n) is 4.15.